The van der Waals surface area contributed by atoms with Gasteiger partial charge >= 0.3 is 6.03 Å². The number of amides is 3. The van der Waals surface area contributed by atoms with E-state index >= 15 is 0 Å². The van der Waals surface area contributed by atoms with E-state index in [1.807, 2.05) is 5.32 Å². The number of nitrogens with one attached hydrogen (secondary N) is 1. The van der Waals surface area contributed by atoms with Gasteiger partial charge in [0.2, 0.25) is 5.91 Å². The van der Waals surface area contributed by atoms with Gasteiger partial charge in [0.15, 0.2) is 6.10 Å². The number of carbonyl (C=O) groups is 2. The number of hydrogen-bond acceptors (Lipinski definition) is 7. The number of imide groups is 1. The summed E-state index contributed by atoms with van der Waals surface area (Å²) in [5.41, 5.74) is 4.88. The minimum absolute atomic E-state index is 0.145. The summed E-state index contributed by atoms with van der Waals surface area (Å²) in [4.78, 5) is 22.2. The molecule has 0 saturated heterocycles. The fourth-order valence-electron chi connectivity index (χ4n) is 1.63. The molecule has 0 saturated carbocycles. The molecule has 1 aromatic carbocycles. The second-order valence-electron chi connectivity index (χ2n) is 4.73. The quantitative estimate of drug-likeness (QED) is 0.761. The van der Waals surface area contributed by atoms with E-state index in [0.29, 0.717) is 5.75 Å². The number of hydrogen-bond donors (Lipinski definition) is 2. The van der Waals surface area contributed by atoms with Gasteiger partial charge in [-0.1, -0.05) is 11.8 Å². The Balaban J connectivity index is 1.95. The number of carbonyl (C=O) groups excluding carboxylic acids is 2. The summed E-state index contributed by atoms with van der Waals surface area (Å²) in [5, 5.41) is 9.10. The summed E-state index contributed by atoms with van der Waals surface area (Å²) in [7, 11) is 0. The first-order valence-electron chi connectivity index (χ1n) is 6.87. The lowest BCUT2D eigenvalue weighted by atomic mass is 10.3. The lowest BCUT2D eigenvalue weighted by Gasteiger charge is -2.10. The van der Waals surface area contributed by atoms with Gasteiger partial charge < -0.3 is 14.9 Å². The predicted molar refractivity (Wildman–Crippen MR) is 82.8 cm³/mol. The molecule has 0 aliphatic heterocycles. The van der Waals surface area contributed by atoms with Gasteiger partial charge in [0.25, 0.3) is 11.1 Å². The summed E-state index contributed by atoms with van der Waals surface area (Å²) in [6.45, 7) is 3.25. The Hall–Kier alpha value is -2.62. The molecule has 2 aromatic rings. The van der Waals surface area contributed by atoms with Crippen molar-refractivity contribution in [2.45, 2.75) is 30.4 Å². The first-order valence-corrected chi connectivity index (χ1v) is 7.75. The van der Waals surface area contributed by atoms with E-state index in [-0.39, 0.29) is 16.9 Å². The third-order valence-corrected chi connectivity index (χ3v) is 3.72. The minimum Gasteiger partial charge on any atom is -0.481 e. The van der Waals surface area contributed by atoms with Crippen molar-refractivity contribution in [1.29, 1.82) is 0 Å². The van der Waals surface area contributed by atoms with Gasteiger partial charge in [-0.25, -0.2) is 9.18 Å². The van der Waals surface area contributed by atoms with Gasteiger partial charge in [0.05, 0.1) is 5.25 Å². The average molecular weight is 354 g/mol. The molecule has 0 aliphatic carbocycles. The fourth-order valence-corrected chi connectivity index (χ4v) is 2.32. The van der Waals surface area contributed by atoms with Crippen molar-refractivity contribution in [3.05, 3.63) is 36.0 Å². The number of ether oxygens (including phenoxy) is 1. The minimum atomic E-state index is -0.931. The van der Waals surface area contributed by atoms with Gasteiger partial charge in [0, 0.05) is 0 Å². The smallest absolute Gasteiger partial charge is 0.318 e. The highest BCUT2D eigenvalue weighted by Crippen LogP contribution is 2.26. The predicted octanol–water partition coefficient (Wildman–Crippen LogP) is 2.02. The monoisotopic (exact) mass is 354 g/mol. The maximum absolute atomic E-state index is 12.9. The Morgan fingerprint density at radius 3 is 2.58 bits per heavy atom. The van der Waals surface area contributed by atoms with Crippen molar-refractivity contribution in [1.82, 2.24) is 15.5 Å². The van der Waals surface area contributed by atoms with Crippen LogP contribution in [0.5, 0.6) is 5.75 Å². The number of nitrogens with zero attached hydrogens (tertiary/aromatic N) is 2. The number of nitrogens with two attached hydrogens (primary N) is 1. The van der Waals surface area contributed by atoms with E-state index in [9.17, 15) is 14.0 Å². The lowest BCUT2D eigenvalue weighted by Crippen LogP contribution is -2.39. The zero-order chi connectivity index (χ0) is 17.7. The zero-order valence-corrected chi connectivity index (χ0v) is 13.7. The number of benzene rings is 1. The molecule has 2 atom stereocenters. The van der Waals surface area contributed by atoms with Crippen LogP contribution in [0.4, 0.5) is 9.18 Å². The summed E-state index contributed by atoms with van der Waals surface area (Å²) >= 11 is 0.975. The molecule has 128 valence electrons. The van der Waals surface area contributed by atoms with Crippen LogP contribution >= 0.6 is 11.8 Å². The van der Waals surface area contributed by atoms with E-state index in [2.05, 4.69) is 10.2 Å². The molecule has 0 spiro atoms. The second-order valence-corrected chi connectivity index (χ2v) is 6.03. The van der Waals surface area contributed by atoms with Crippen LogP contribution in [0.3, 0.4) is 0 Å². The largest absolute Gasteiger partial charge is 0.481 e. The molecular weight excluding hydrogens is 339 g/mol. The van der Waals surface area contributed by atoms with E-state index in [4.69, 9.17) is 14.9 Å². The molecule has 0 fully saturated rings. The Morgan fingerprint density at radius 1 is 1.29 bits per heavy atom. The fraction of sp³-hybridized carbons (Fsp3) is 0.286. The highest BCUT2D eigenvalue weighted by atomic mass is 32.2. The normalized spacial score (nSPS) is 13.1. The van der Waals surface area contributed by atoms with Crippen molar-refractivity contribution >= 4 is 23.7 Å². The Kier molecular flexibility index (Phi) is 5.74. The van der Waals surface area contributed by atoms with Crippen molar-refractivity contribution in [2.24, 2.45) is 5.73 Å². The molecule has 24 heavy (non-hydrogen) atoms. The molecule has 1 heterocycles. The van der Waals surface area contributed by atoms with E-state index in [1.54, 1.807) is 13.8 Å². The number of urea groups is 1. The van der Waals surface area contributed by atoms with Gasteiger partial charge in [-0.3, -0.25) is 10.1 Å². The third kappa shape index (κ3) is 4.95. The van der Waals surface area contributed by atoms with Gasteiger partial charge in [0.1, 0.15) is 11.6 Å². The van der Waals surface area contributed by atoms with Gasteiger partial charge in [-0.05, 0) is 38.1 Å². The summed E-state index contributed by atoms with van der Waals surface area (Å²) in [6.07, 6.45) is -0.563. The highest BCUT2D eigenvalue weighted by Gasteiger charge is 2.21. The number of primary amides is 1. The molecule has 2 rings (SSSR count). The Morgan fingerprint density at radius 2 is 1.96 bits per heavy atom. The number of halogens is 1. The summed E-state index contributed by atoms with van der Waals surface area (Å²) < 4.78 is 23.8. The number of aromatic nitrogens is 2. The molecule has 1 aromatic heterocycles. The van der Waals surface area contributed by atoms with Crippen LogP contribution in [0.15, 0.2) is 33.9 Å². The van der Waals surface area contributed by atoms with Crippen LogP contribution in [0.1, 0.15) is 25.8 Å². The SMILES string of the molecule is C[C@@H](Sc1nnc([C@@H](C)Oc2ccc(F)cc2)o1)C(=O)NC(N)=O. The lowest BCUT2D eigenvalue weighted by molar-refractivity contribution is -0.119. The number of thioether (sulfide) groups is 1. The van der Waals surface area contributed by atoms with Crippen LogP contribution in [-0.4, -0.2) is 27.4 Å². The van der Waals surface area contributed by atoms with E-state index in [0.717, 1.165) is 11.8 Å². The van der Waals surface area contributed by atoms with Crippen LogP contribution in [0.25, 0.3) is 0 Å². The van der Waals surface area contributed by atoms with Gasteiger partial charge in [-0.2, -0.15) is 0 Å². The maximum atomic E-state index is 12.9. The van der Waals surface area contributed by atoms with E-state index < -0.39 is 23.3 Å². The molecule has 10 heteroatoms. The average Bonchev–Trinajstić information content (AvgIpc) is 2.97. The van der Waals surface area contributed by atoms with Gasteiger partial charge in [-0.15, -0.1) is 10.2 Å². The number of rotatable bonds is 6. The summed E-state index contributed by atoms with van der Waals surface area (Å²) in [6, 6.07) is 4.58. The maximum Gasteiger partial charge on any atom is 0.318 e. The Labute approximate surface area is 140 Å². The molecule has 3 N–H and O–H groups in total. The Bertz CT molecular complexity index is 722. The van der Waals surface area contributed by atoms with Crippen molar-refractivity contribution in [2.75, 3.05) is 0 Å². The van der Waals surface area contributed by atoms with Crippen LogP contribution in [-0.2, 0) is 4.79 Å². The topological polar surface area (TPSA) is 120 Å². The van der Waals surface area contributed by atoms with Crippen molar-refractivity contribution < 1.29 is 23.1 Å². The molecule has 8 nitrogen and oxygen atoms in total. The van der Waals surface area contributed by atoms with E-state index in [1.165, 1.54) is 24.3 Å². The molecule has 0 aliphatic rings. The third-order valence-electron chi connectivity index (χ3n) is 2.79. The van der Waals surface area contributed by atoms with Crippen molar-refractivity contribution in [3.63, 3.8) is 0 Å². The highest BCUT2D eigenvalue weighted by molar-refractivity contribution is 8.00. The molecule has 0 unspecified atom stereocenters. The first kappa shape index (κ1) is 17.7. The zero-order valence-electron chi connectivity index (χ0n) is 12.9. The summed E-state index contributed by atoms with van der Waals surface area (Å²) in [5.74, 6) is -0.285. The first-order chi connectivity index (χ1) is 11.3. The standard InChI is InChI=1S/C14H15FN4O4S/c1-7(22-10-5-3-9(15)4-6-10)12-18-19-14(23-12)24-8(2)11(20)17-13(16)21/h3-8H,1-2H3,(H3,16,17,20,21)/t7-,8-/m1/s1. The van der Waals surface area contributed by atoms with Crippen molar-refractivity contribution in [3.8, 4) is 5.75 Å². The second kappa shape index (κ2) is 7.77. The van der Waals surface area contributed by atoms with Crippen LogP contribution < -0.4 is 15.8 Å². The molecule has 0 bridgehead atoms. The molecule has 3 amide bonds. The van der Waals surface area contributed by atoms with Crippen LogP contribution in [0, 0.1) is 5.82 Å². The molecular formula is C14H15FN4O4S. The van der Waals surface area contributed by atoms with Crippen LogP contribution in [0.2, 0.25) is 0 Å². The molecule has 0 radical (unpaired) electrons.